The minimum Gasteiger partial charge on any atom is -0.344 e. The molecule has 5 heteroatoms. The molecule has 0 aliphatic heterocycles. The van der Waals surface area contributed by atoms with Crippen LogP contribution in [0.15, 0.2) is 53.3 Å². The first-order valence-corrected chi connectivity index (χ1v) is 5.43. The first-order valence-electron chi connectivity index (χ1n) is 5.05. The van der Waals surface area contributed by atoms with E-state index in [1.54, 1.807) is 16.9 Å². The molecule has 0 bridgehead atoms. The van der Waals surface area contributed by atoms with Crippen LogP contribution >= 0.6 is 11.6 Å². The summed E-state index contributed by atoms with van der Waals surface area (Å²) in [4.78, 5) is 0. The molecule has 2 heterocycles. The first kappa shape index (κ1) is 10.1. The van der Waals surface area contributed by atoms with Gasteiger partial charge >= 0.3 is 0 Å². The van der Waals surface area contributed by atoms with Crippen molar-refractivity contribution in [2.75, 3.05) is 0 Å². The van der Waals surface area contributed by atoms with Crippen molar-refractivity contribution in [1.29, 1.82) is 0 Å². The Morgan fingerprint density at radius 3 is 2.71 bits per heavy atom. The third-order valence-corrected chi connectivity index (χ3v) is 2.56. The number of para-hydroxylation sites is 1. The lowest BCUT2D eigenvalue weighted by atomic mass is 10.2. The number of benzene rings is 1. The fraction of sp³-hybridized carbons (Fsp3) is 0. The fourth-order valence-electron chi connectivity index (χ4n) is 1.57. The SMILES string of the molecule is Clc1cc(-c2cnn(-c3ccccc3)c2)no1. The third-order valence-electron chi connectivity index (χ3n) is 2.38. The molecular formula is C12H8ClN3O. The molecule has 0 radical (unpaired) electrons. The molecule has 0 unspecified atom stereocenters. The molecule has 84 valence electrons. The van der Waals surface area contributed by atoms with Crippen molar-refractivity contribution >= 4 is 11.6 Å². The molecule has 4 nitrogen and oxygen atoms in total. The van der Waals surface area contributed by atoms with Crippen LogP contribution < -0.4 is 0 Å². The summed E-state index contributed by atoms with van der Waals surface area (Å²) in [6.45, 7) is 0. The molecule has 0 saturated carbocycles. The lowest BCUT2D eigenvalue weighted by molar-refractivity contribution is 0.424. The summed E-state index contributed by atoms with van der Waals surface area (Å²) in [5, 5.41) is 8.37. The largest absolute Gasteiger partial charge is 0.344 e. The quantitative estimate of drug-likeness (QED) is 0.696. The van der Waals surface area contributed by atoms with Gasteiger partial charge in [-0.3, -0.25) is 0 Å². The Labute approximate surface area is 102 Å². The number of hydrogen-bond donors (Lipinski definition) is 0. The van der Waals surface area contributed by atoms with Gasteiger partial charge in [0.05, 0.1) is 11.9 Å². The predicted molar refractivity (Wildman–Crippen MR) is 64.1 cm³/mol. The minimum atomic E-state index is 0.271. The van der Waals surface area contributed by atoms with E-state index in [1.807, 2.05) is 36.5 Å². The van der Waals surface area contributed by atoms with Crippen LogP contribution in [-0.2, 0) is 0 Å². The fourth-order valence-corrected chi connectivity index (χ4v) is 1.70. The van der Waals surface area contributed by atoms with Crippen LogP contribution in [-0.4, -0.2) is 14.9 Å². The van der Waals surface area contributed by atoms with Crippen LogP contribution in [0.4, 0.5) is 0 Å². The predicted octanol–water partition coefficient (Wildman–Crippen LogP) is 3.18. The van der Waals surface area contributed by atoms with Crippen molar-refractivity contribution in [1.82, 2.24) is 14.9 Å². The Bertz CT molecular complexity index is 630. The average molecular weight is 246 g/mol. The molecule has 0 aliphatic carbocycles. The monoisotopic (exact) mass is 245 g/mol. The maximum Gasteiger partial charge on any atom is 0.226 e. The van der Waals surface area contributed by atoms with Gasteiger partial charge in [-0.15, -0.1) is 0 Å². The van der Waals surface area contributed by atoms with Crippen LogP contribution in [0.2, 0.25) is 5.22 Å². The van der Waals surface area contributed by atoms with Gasteiger partial charge in [-0.25, -0.2) is 4.68 Å². The van der Waals surface area contributed by atoms with Crippen LogP contribution in [0.25, 0.3) is 16.9 Å². The number of nitrogens with zero attached hydrogens (tertiary/aromatic N) is 3. The van der Waals surface area contributed by atoms with Crippen molar-refractivity contribution in [3.63, 3.8) is 0 Å². The molecule has 0 saturated heterocycles. The van der Waals surface area contributed by atoms with Gasteiger partial charge in [-0.2, -0.15) is 5.10 Å². The van der Waals surface area contributed by atoms with Gasteiger partial charge < -0.3 is 4.52 Å². The number of aromatic nitrogens is 3. The summed E-state index contributed by atoms with van der Waals surface area (Å²) in [5.41, 5.74) is 2.54. The van der Waals surface area contributed by atoms with E-state index < -0.39 is 0 Å². The lowest BCUT2D eigenvalue weighted by Crippen LogP contribution is -1.92. The van der Waals surface area contributed by atoms with Crippen molar-refractivity contribution in [2.45, 2.75) is 0 Å². The zero-order valence-electron chi connectivity index (χ0n) is 8.75. The Hall–Kier alpha value is -2.07. The van der Waals surface area contributed by atoms with E-state index in [4.69, 9.17) is 16.1 Å². The van der Waals surface area contributed by atoms with E-state index in [2.05, 4.69) is 10.3 Å². The molecule has 2 aromatic heterocycles. The van der Waals surface area contributed by atoms with E-state index in [0.717, 1.165) is 11.3 Å². The molecule has 0 amide bonds. The second-order valence-corrected chi connectivity index (χ2v) is 3.90. The van der Waals surface area contributed by atoms with Crippen molar-refractivity contribution < 1.29 is 4.52 Å². The normalized spacial score (nSPS) is 10.6. The van der Waals surface area contributed by atoms with Gasteiger partial charge in [0.2, 0.25) is 5.22 Å². The van der Waals surface area contributed by atoms with E-state index in [0.29, 0.717) is 5.69 Å². The Morgan fingerprint density at radius 2 is 2.00 bits per heavy atom. The molecule has 0 spiro atoms. The minimum absolute atomic E-state index is 0.271. The molecule has 0 atom stereocenters. The Balaban J connectivity index is 1.99. The zero-order valence-corrected chi connectivity index (χ0v) is 9.50. The molecule has 0 aliphatic rings. The zero-order chi connectivity index (χ0) is 11.7. The van der Waals surface area contributed by atoms with Gasteiger partial charge in [0.25, 0.3) is 0 Å². The third kappa shape index (κ3) is 1.94. The summed E-state index contributed by atoms with van der Waals surface area (Å²) in [6, 6.07) is 11.5. The second-order valence-electron chi connectivity index (χ2n) is 3.53. The summed E-state index contributed by atoms with van der Waals surface area (Å²) in [7, 11) is 0. The highest BCUT2D eigenvalue weighted by Crippen LogP contribution is 2.21. The number of hydrogen-bond acceptors (Lipinski definition) is 3. The van der Waals surface area contributed by atoms with Crippen LogP contribution in [0.3, 0.4) is 0 Å². The van der Waals surface area contributed by atoms with E-state index in [9.17, 15) is 0 Å². The molecule has 1 aromatic carbocycles. The second kappa shape index (κ2) is 4.07. The van der Waals surface area contributed by atoms with Gasteiger partial charge in [-0.1, -0.05) is 23.4 Å². The summed E-state index contributed by atoms with van der Waals surface area (Å²) in [5.74, 6) is 0. The Kier molecular flexibility index (Phi) is 2.42. The molecule has 0 fully saturated rings. The highest BCUT2D eigenvalue weighted by Gasteiger charge is 2.07. The maximum absolute atomic E-state index is 5.68. The van der Waals surface area contributed by atoms with Gasteiger partial charge in [-0.05, 0) is 23.7 Å². The average Bonchev–Trinajstić information content (AvgIpc) is 2.98. The van der Waals surface area contributed by atoms with Crippen LogP contribution in [0.5, 0.6) is 0 Å². The van der Waals surface area contributed by atoms with E-state index in [-0.39, 0.29) is 5.22 Å². The number of halogens is 1. The lowest BCUT2D eigenvalue weighted by Gasteiger charge is -1.98. The van der Waals surface area contributed by atoms with Crippen molar-refractivity contribution in [3.05, 3.63) is 54.0 Å². The molecule has 3 rings (SSSR count). The molecule has 3 aromatic rings. The topological polar surface area (TPSA) is 43.9 Å². The van der Waals surface area contributed by atoms with Crippen LogP contribution in [0, 0.1) is 0 Å². The summed E-state index contributed by atoms with van der Waals surface area (Å²) >= 11 is 5.68. The maximum atomic E-state index is 5.68. The Morgan fingerprint density at radius 1 is 1.18 bits per heavy atom. The van der Waals surface area contributed by atoms with Gasteiger partial charge in [0.1, 0.15) is 5.69 Å². The standard InChI is InChI=1S/C12H8ClN3O/c13-12-6-11(15-17-12)9-7-14-16(8-9)10-4-2-1-3-5-10/h1-8H. The smallest absolute Gasteiger partial charge is 0.226 e. The van der Waals surface area contributed by atoms with E-state index in [1.165, 1.54) is 0 Å². The summed E-state index contributed by atoms with van der Waals surface area (Å²) < 4.78 is 6.59. The summed E-state index contributed by atoms with van der Waals surface area (Å²) in [6.07, 6.45) is 3.60. The highest BCUT2D eigenvalue weighted by atomic mass is 35.5. The van der Waals surface area contributed by atoms with Crippen molar-refractivity contribution in [3.8, 4) is 16.9 Å². The van der Waals surface area contributed by atoms with Gasteiger partial charge in [0, 0.05) is 17.8 Å². The van der Waals surface area contributed by atoms with Gasteiger partial charge in [0.15, 0.2) is 0 Å². The molecule has 17 heavy (non-hydrogen) atoms. The highest BCUT2D eigenvalue weighted by molar-refractivity contribution is 6.29. The molecular weight excluding hydrogens is 238 g/mol. The number of rotatable bonds is 2. The molecule has 0 N–H and O–H groups in total. The van der Waals surface area contributed by atoms with E-state index >= 15 is 0 Å². The first-order chi connectivity index (χ1) is 8.33. The van der Waals surface area contributed by atoms with Crippen molar-refractivity contribution in [2.24, 2.45) is 0 Å². The van der Waals surface area contributed by atoms with Crippen LogP contribution in [0.1, 0.15) is 0 Å².